The maximum absolute atomic E-state index is 9.22. The Balaban J connectivity index is 1.90. The molecule has 7 nitrogen and oxygen atoms in total. The van der Waals surface area contributed by atoms with Crippen molar-refractivity contribution < 1.29 is 0 Å². The van der Waals surface area contributed by atoms with Crippen molar-refractivity contribution in [2.45, 2.75) is 18.6 Å². The summed E-state index contributed by atoms with van der Waals surface area (Å²) >= 11 is 0. The van der Waals surface area contributed by atoms with Gasteiger partial charge in [-0.05, 0) is 24.3 Å². The van der Waals surface area contributed by atoms with Crippen molar-refractivity contribution in [3.63, 3.8) is 0 Å². The van der Waals surface area contributed by atoms with Crippen LogP contribution in [0.25, 0.3) is 5.70 Å². The van der Waals surface area contributed by atoms with Gasteiger partial charge in [-0.1, -0.05) is 29.5 Å². The van der Waals surface area contributed by atoms with E-state index in [1.165, 1.54) is 5.56 Å². The number of rotatable bonds is 1. The molecular formula is C13H14N7+. The van der Waals surface area contributed by atoms with E-state index < -0.39 is 6.17 Å². The predicted octanol–water partition coefficient (Wildman–Crippen LogP) is 0.327. The molecule has 1 aromatic rings. The second kappa shape index (κ2) is 4.27. The molecule has 20 heavy (non-hydrogen) atoms. The van der Waals surface area contributed by atoms with Crippen LogP contribution >= 0.6 is 0 Å². The Morgan fingerprint density at radius 2 is 2.25 bits per heavy atom. The quantitative estimate of drug-likeness (QED) is 0.745. The Labute approximate surface area is 117 Å². The van der Waals surface area contributed by atoms with Gasteiger partial charge in [-0.2, -0.15) is 5.01 Å². The van der Waals surface area contributed by atoms with Crippen molar-refractivity contribution in [1.29, 1.82) is 0 Å². The molecule has 7 heteroatoms. The molecule has 2 atom stereocenters. The number of hydrogen-bond donors (Lipinski definition) is 1. The van der Waals surface area contributed by atoms with Crippen LogP contribution in [0.2, 0.25) is 0 Å². The molecule has 100 valence electrons. The number of benzene rings is 1. The first-order chi connectivity index (χ1) is 9.79. The monoisotopic (exact) mass is 268 g/mol. The van der Waals surface area contributed by atoms with Crippen molar-refractivity contribution in [2.24, 2.45) is 10.4 Å². The van der Waals surface area contributed by atoms with Gasteiger partial charge >= 0.3 is 6.17 Å². The summed E-state index contributed by atoms with van der Waals surface area (Å²) in [5.41, 5.74) is 10.9. The Morgan fingerprint density at radius 3 is 3.10 bits per heavy atom. The maximum Gasteiger partial charge on any atom is 0.332 e. The molecule has 0 saturated carbocycles. The molecule has 4 radical (unpaired) electrons. The number of piperazine rings is 1. The second-order valence-electron chi connectivity index (χ2n) is 5.32. The van der Waals surface area contributed by atoms with Crippen molar-refractivity contribution in [3.8, 4) is 0 Å². The molecule has 1 aromatic carbocycles. The summed E-state index contributed by atoms with van der Waals surface area (Å²) in [5, 5.41) is 9.79. The number of nitrogens with one attached hydrogen (secondary N) is 1. The van der Waals surface area contributed by atoms with E-state index in [1.54, 1.807) is 5.01 Å². The fraction of sp³-hybridized carbons (Fsp3) is 0.385. The third-order valence-corrected chi connectivity index (χ3v) is 4.22. The maximum atomic E-state index is 9.22. The van der Waals surface area contributed by atoms with Crippen molar-refractivity contribution in [2.75, 3.05) is 13.6 Å². The fourth-order valence-corrected chi connectivity index (χ4v) is 3.24. The zero-order chi connectivity index (χ0) is 13.7. The molecule has 1 aliphatic carbocycles. The lowest BCUT2D eigenvalue weighted by Gasteiger charge is -2.44. The van der Waals surface area contributed by atoms with Crippen LogP contribution < -0.4 is 16.7 Å². The number of hydrogen-bond acceptors (Lipinski definition) is 5. The van der Waals surface area contributed by atoms with Gasteiger partial charge in [0.15, 0.2) is 0 Å². The molecule has 2 aliphatic heterocycles. The van der Waals surface area contributed by atoms with Gasteiger partial charge in [-0.3, -0.25) is 10.3 Å². The minimum absolute atomic E-state index is 0.227. The molecule has 0 spiro atoms. The van der Waals surface area contributed by atoms with E-state index in [2.05, 4.69) is 44.4 Å². The normalized spacial score (nSPS) is 28.0. The van der Waals surface area contributed by atoms with Gasteiger partial charge in [0.25, 0.3) is 11.3 Å². The van der Waals surface area contributed by atoms with Gasteiger partial charge in [-0.25, -0.2) is 0 Å². The number of likely N-dealkylation sites (N-methyl/N-ethyl adjacent to an activating group) is 1. The van der Waals surface area contributed by atoms with E-state index in [0.717, 1.165) is 23.4 Å². The summed E-state index contributed by atoms with van der Waals surface area (Å²) in [6, 6.07) is 8.53. The Bertz CT molecular complexity index is 608. The average Bonchev–Trinajstić information content (AvgIpc) is 2.50. The molecule has 0 amide bonds. The van der Waals surface area contributed by atoms with Crippen LogP contribution in [-0.4, -0.2) is 35.7 Å². The predicted molar refractivity (Wildman–Crippen MR) is 71.4 cm³/mol. The van der Waals surface area contributed by atoms with E-state index in [4.69, 9.17) is 0 Å². The third kappa shape index (κ3) is 1.51. The highest BCUT2D eigenvalue weighted by Gasteiger charge is 2.48. The number of fused-ring (bicyclic) bond motifs is 2. The summed E-state index contributed by atoms with van der Waals surface area (Å²) < 4.78 is 0. The number of nitrogens with zero attached hydrogens (tertiary/aromatic N) is 6. The molecule has 1 saturated heterocycles. The van der Waals surface area contributed by atoms with Crippen molar-refractivity contribution in [1.82, 2.24) is 26.6 Å². The Hall–Kier alpha value is -1.96. The average molecular weight is 268 g/mol. The molecule has 1 N–H and O–H groups in total. The van der Waals surface area contributed by atoms with Crippen LogP contribution in [0.3, 0.4) is 0 Å². The van der Waals surface area contributed by atoms with Gasteiger partial charge in [-0.15, -0.1) is 0 Å². The molecule has 4 rings (SSSR count). The van der Waals surface area contributed by atoms with Crippen LogP contribution in [0.4, 0.5) is 0 Å². The molecule has 2 heterocycles. The van der Waals surface area contributed by atoms with Crippen LogP contribution in [0.5, 0.6) is 0 Å². The first-order valence-corrected chi connectivity index (χ1v) is 6.62. The second-order valence-corrected chi connectivity index (χ2v) is 5.32. The lowest BCUT2D eigenvalue weighted by molar-refractivity contribution is 0.0575. The van der Waals surface area contributed by atoms with Gasteiger partial charge in [0.2, 0.25) is 0 Å². The van der Waals surface area contributed by atoms with Crippen LogP contribution in [-0.2, 0) is 6.42 Å². The SMILES string of the molecule is CN1CC([N+][N])N2N=NNC3=C2C1Cc1ccccc13. The largest absolute Gasteiger partial charge is 0.332 e. The third-order valence-electron chi connectivity index (χ3n) is 4.22. The summed E-state index contributed by atoms with van der Waals surface area (Å²) in [5.74, 6) is 9.22. The van der Waals surface area contributed by atoms with Gasteiger partial charge < -0.3 is 0 Å². The summed E-state index contributed by atoms with van der Waals surface area (Å²) in [4.78, 5) is 2.20. The molecule has 0 bridgehead atoms. The first kappa shape index (κ1) is 11.8. The zero-order valence-corrected chi connectivity index (χ0v) is 11.1. The summed E-state index contributed by atoms with van der Waals surface area (Å²) in [6.45, 7) is 0.624. The molecule has 2 unspecified atom stereocenters. The molecule has 0 aromatic heterocycles. The summed E-state index contributed by atoms with van der Waals surface area (Å²) in [6.07, 6.45) is 0.523. The van der Waals surface area contributed by atoms with Crippen LogP contribution in [0.15, 0.2) is 40.4 Å². The van der Waals surface area contributed by atoms with E-state index in [-0.39, 0.29) is 6.04 Å². The van der Waals surface area contributed by atoms with E-state index in [9.17, 15) is 5.84 Å². The first-order valence-electron chi connectivity index (χ1n) is 6.62. The Kier molecular flexibility index (Phi) is 2.53. The van der Waals surface area contributed by atoms with E-state index in [0.29, 0.717) is 6.54 Å². The Morgan fingerprint density at radius 1 is 1.40 bits per heavy atom. The van der Waals surface area contributed by atoms with Gasteiger partial charge in [0.05, 0.1) is 24.0 Å². The topological polar surface area (TPSA) is 79.6 Å². The minimum Gasteiger partial charge on any atom is -0.289 e. The highest BCUT2D eigenvalue weighted by atomic mass is 15.7. The van der Waals surface area contributed by atoms with E-state index >= 15 is 0 Å². The lowest BCUT2D eigenvalue weighted by Crippen LogP contribution is -2.59. The van der Waals surface area contributed by atoms with Crippen LogP contribution in [0.1, 0.15) is 11.1 Å². The van der Waals surface area contributed by atoms with Crippen LogP contribution in [0, 0.1) is 0 Å². The standard InChI is InChI=1S/C13H14N7/c1-19-7-11(15-14)20-13-10(19)6-8-4-2-3-5-9(8)12(13)16-17-18-20/h2-5,10-11H,6-7H2,1H3,(H,16,18)/q+1. The van der Waals surface area contributed by atoms with E-state index in [1.807, 2.05) is 13.1 Å². The highest BCUT2D eigenvalue weighted by molar-refractivity contribution is 5.73. The highest BCUT2D eigenvalue weighted by Crippen LogP contribution is 2.38. The smallest absolute Gasteiger partial charge is 0.289 e. The van der Waals surface area contributed by atoms with Gasteiger partial charge in [0, 0.05) is 5.56 Å². The zero-order valence-electron chi connectivity index (χ0n) is 11.1. The van der Waals surface area contributed by atoms with Crippen molar-refractivity contribution >= 4 is 5.70 Å². The lowest BCUT2D eigenvalue weighted by atomic mass is 9.87. The summed E-state index contributed by atoms with van der Waals surface area (Å²) in [7, 11) is 2.05. The molecule has 1 fully saturated rings. The van der Waals surface area contributed by atoms with Gasteiger partial charge in [0.1, 0.15) is 0 Å². The molecule has 3 aliphatic rings. The fourth-order valence-electron chi connectivity index (χ4n) is 3.24. The van der Waals surface area contributed by atoms with Crippen molar-refractivity contribution in [3.05, 3.63) is 41.1 Å². The molecular weight excluding hydrogens is 254 g/mol. The minimum atomic E-state index is -0.405.